The molecular weight excluding hydrogens is 404 g/mol. The third-order valence-electron chi connectivity index (χ3n) is 5.39. The van der Waals surface area contributed by atoms with Crippen molar-refractivity contribution in [2.24, 2.45) is 0 Å². The number of amides is 1. The number of carbonyl (C=O) groups is 1. The molecule has 0 saturated carbocycles. The lowest BCUT2D eigenvalue weighted by atomic mass is 10.1. The van der Waals surface area contributed by atoms with E-state index in [2.05, 4.69) is 14.9 Å². The third kappa shape index (κ3) is 3.90. The van der Waals surface area contributed by atoms with Crippen molar-refractivity contribution < 1.29 is 17.6 Å². The van der Waals surface area contributed by atoms with Crippen LogP contribution in [0.5, 0.6) is 0 Å². The monoisotopic (exact) mass is 428 g/mol. The van der Waals surface area contributed by atoms with E-state index in [0.717, 1.165) is 24.0 Å². The Kier molecular flexibility index (Phi) is 5.48. The molecule has 1 aliphatic rings. The lowest BCUT2D eigenvalue weighted by molar-refractivity contribution is 0.0793. The van der Waals surface area contributed by atoms with Crippen LogP contribution in [0.15, 0.2) is 45.8 Å². The van der Waals surface area contributed by atoms with Crippen molar-refractivity contribution >= 4 is 15.9 Å². The summed E-state index contributed by atoms with van der Waals surface area (Å²) in [5, 5.41) is 6.76. The van der Waals surface area contributed by atoms with Crippen LogP contribution in [0.2, 0.25) is 0 Å². The number of aromatic amines is 1. The van der Waals surface area contributed by atoms with Crippen molar-refractivity contribution in [2.45, 2.75) is 38.1 Å². The van der Waals surface area contributed by atoms with E-state index in [0.29, 0.717) is 24.3 Å². The maximum atomic E-state index is 12.9. The highest BCUT2D eigenvalue weighted by molar-refractivity contribution is 7.89. The lowest BCUT2D eigenvalue weighted by Crippen LogP contribution is -2.27. The van der Waals surface area contributed by atoms with E-state index in [-0.39, 0.29) is 28.9 Å². The van der Waals surface area contributed by atoms with E-state index >= 15 is 0 Å². The van der Waals surface area contributed by atoms with Crippen LogP contribution in [0.1, 0.15) is 40.1 Å². The van der Waals surface area contributed by atoms with Gasteiger partial charge >= 0.3 is 0 Å². The Labute approximate surface area is 175 Å². The van der Waals surface area contributed by atoms with Crippen molar-refractivity contribution in [3.05, 3.63) is 59.0 Å². The van der Waals surface area contributed by atoms with Gasteiger partial charge in [0.2, 0.25) is 10.0 Å². The number of aryl methyl sites for hydroxylation is 2. The highest BCUT2D eigenvalue weighted by Gasteiger charge is 2.27. The van der Waals surface area contributed by atoms with Crippen LogP contribution in [0.25, 0.3) is 11.5 Å². The maximum Gasteiger partial charge on any atom is 0.257 e. The lowest BCUT2D eigenvalue weighted by Gasteiger charge is -2.14. The van der Waals surface area contributed by atoms with Crippen molar-refractivity contribution in [1.29, 1.82) is 0 Å². The summed E-state index contributed by atoms with van der Waals surface area (Å²) in [6, 6.07) is 9.03. The molecule has 3 heterocycles. The van der Waals surface area contributed by atoms with E-state index in [1.165, 1.54) is 12.3 Å². The number of likely N-dealkylation sites (tertiary alicyclic amines) is 1. The molecule has 3 aromatic rings. The second kappa shape index (κ2) is 8.08. The fraction of sp³-hybridized carbons (Fsp3) is 0.333. The zero-order chi connectivity index (χ0) is 21.3. The molecule has 0 unspecified atom stereocenters. The van der Waals surface area contributed by atoms with Crippen molar-refractivity contribution in [1.82, 2.24) is 19.8 Å². The zero-order valence-corrected chi connectivity index (χ0v) is 17.8. The standard InChI is InChI=1S/C21H24N4O4S/c1-14-7-3-4-8-16(14)12-23-30(27,28)19-11-18(29-15(19)2)20-17(13-22-24-20)21(26)25-9-5-6-10-25/h3-4,7-8,11,13,23H,5-6,9-10,12H2,1-2H3,(H,22,24). The third-order valence-corrected chi connectivity index (χ3v) is 6.89. The van der Waals surface area contributed by atoms with Gasteiger partial charge in [0.25, 0.3) is 5.91 Å². The van der Waals surface area contributed by atoms with Crippen LogP contribution in [-0.4, -0.2) is 42.5 Å². The first kappa shape index (κ1) is 20.4. The molecule has 0 aliphatic carbocycles. The predicted octanol–water partition coefficient (Wildman–Crippen LogP) is 3.00. The van der Waals surface area contributed by atoms with Crippen LogP contribution in [-0.2, 0) is 16.6 Å². The second-order valence-electron chi connectivity index (χ2n) is 7.44. The van der Waals surface area contributed by atoms with Gasteiger partial charge < -0.3 is 9.32 Å². The summed E-state index contributed by atoms with van der Waals surface area (Å²) in [5.74, 6) is 0.382. The number of furan rings is 1. The molecule has 8 nitrogen and oxygen atoms in total. The Balaban J connectivity index is 1.59. The Bertz CT molecular complexity index is 1170. The number of carbonyl (C=O) groups excluding carboxylic acids is 1. The van der Waals surface area contributed by atoms with Crippen molar-refractivity contribution in [2.75, 3.05) is 13.1 Å². The molecule has 1 aliphatic heterocycles. The van der Waals surface area contributed by atoms with Crippen molar-refractivity contribution in [3.63, 3.8) is 0 Å². The van der Waals surface area contributed by atoms with Gasteiger partial charge in [-0.3, -0.25) is 9.89 Å². The average molecular weight is 429 g/mol. The summed E-state index contributed by atoms with van der Waals surface area (Å²) >= 11 is 0. The summed E-state index contributed by atoms with van der Waals surface area (Å²) in [5.41, 5.74) is 2.67. The van der Waals surface area contributed by atoms with E-state index in [9.17, 15) is 13.2 Å². The van der Waals surface area contributed by atoms with Crippen LogP contribution >= 0.6 is 0 Å². The van der Waals surface area contributed by atoms with Gasteiger partial charge in [-0.2, -0.15) is 5.10 Å². The Morgan fingerprint density at radius 3 is 2.70 bits per heavy atom. The van der Waals surface area contributed by atoms with Crippen LogP contribution in [0, 0.1) is 13.8 Å². The molecule has 2 aromatic heterocycles. The first-order valence-corrected chi connectivity index (χ1v) is 11.3. The van der Waals surface area contributed by atoms with Crippen molar-refractivity contribution in [3.8, 4) is 11.5 Å². The number of sulfonamides is 1. The molecule has 2 N–H and O–H groups in total. The quantitative estimate of drug-likeness (QED) is 0.627. The SMILES string of the molecule is Cc1ccccc1CNS(=O)(=O)c1cc(-c2[nH]ncc2C(=O)N2CCCC2)oc1C. The number of benzene rings is 1. The van der Waals surface area contributed by atoms with E-state index < -0.39 is 10.0 Å². The van der Waals surface area contributed by atoms with Crippen LogP contribution in [0.4, 0.5) is 0 Å². The molecule has 158 valence electrons. The minimum Gasteiger partial charge on any atom is -0.458 e. The van der Waals surface area contributed by atoms with E-state index in [1.54, 1.807) is 11.8 Å². The normalized spacial score (nSPS) is 14.4. The number of nitrogens with zero attached hydrogens (tertiary/aromatic N) is 2. The largest absolute Gasteiger partial charge is 0.458 e. The number of nitrogens with one attached hydrogen (secondary N) is 2. The molecule has 0 radical (unpaired) electrons. The minimum atomic E-state index is -3.80. The smallest absolute Gasteiger partial charge is 0.257 e. The molecule has 1 saturated heterocycles. The zero-order valence-electron chi connectivity index (χ0n) is 16.9. The molecule has 9 heteroatoms. The van der Waals surface area contributed by atoms with Gasteiger partial charge in [0, 0.05) is 25.7 Å². The summed E-state index contributed by atoms with van der Waals surface area (Å²) < 4.78 is 34.1. The van der Waals surface area contributed by atoms with Gasteiger partial charge in [-0.05, 0) is 37.8 Å². The van der Waals surface area contributed by atoms with E-state index in [4.69, 9.17) is 4.42 Å². The van der Waals surface area contributed by atoms with Gasteiger partial charge in [0.1, 0.15) is 16.3 Å². The van der Waals surface area contributed by atoms with Crippen LogP contribution in [0.3, 0.4) is 0 Å². The number of hydrogen-bond donors (Lipinski definition) is 2. The summed E-state index contributed by atoms with van der Waals surface area (Å²) in [6.45, 7) is 5.12. The molecular formula is C21H24N4O4S. The molecule has 0 bridgehead atoms. The fourth-order valence-electron chi connectivity index (χ4n) is 3.64. The number of H-pyrrole nitrogens is 1. The Morgan fingerprint density at radius 1 is 1.23 bits per heavy atom. The first-order valence-electron chi connectivity index (χ1n) is 9.84. The highest BCUT2D eigenvalue weighted by atomic mass is 32.2. The summed E-state index contributed by atoms with van der Waals surface area (Å²) in [4.78, 5) is 14.6. The maximum absolute atomic E-state index is 12.9. The number of aromatic nitrogens is 2. The fourth-order valence-corrected chi connectivity index (χ4v) is 4.82. The van der Waals surface area contributed by atoms with E-state index in [1.807, 2.05) is 31.2 Å². The Hall–Kier alpha value is -2.91. The topological polar surface area (TPSA) is 108 Å². The molecule has 1 aromatic carbocycles. The van der Waals surface area contributed by atoms with Gasteiger partial charge in [-0.15, -0.1) is 0 Å². The first-order chi connectivity index (χ1) is 14.4. The average Bonchev–Trinajstić information content (AvgIpc) is 3.47. The molecule has 0 atom stereocenters. The Morgan fingerprint density at radius 2 is 1.97 bits per heavy atom. The summed E-state index contributed by atoms with van der Waals surface area (Å²) in [6.07, 6.45) is 3.42. The summed E-state index contributed by atoms with van der Waals surface area (Å²) in [7, 11) is -3.80. The highest BCUT2D eigenvalue weighted by Crippen LogP contribution is 2.30. The molecule has 0 spiro atoms. The van der Waals surface area contributed by atoms with Gasteiger partial charge in [0.15, 0.2) is 5.76 Å². The number of rotatable bonds is 6. The number of hydrogen-bond acceptors (Lipinski definition) is 5. The van der Waals surface area contributed by atoms with Gasteiger partial charge in [-0.1, -0.05) is 24.3 Å². The van der Waals surface area contributed by atoms with Gasteiger partial charge in [-0.25, -0.2) is 13.1 Å². The van der Waals surface area contributed by atoms with Crippen LogP contribution < -0.4 is 4.72 Å². The molecule has 4 rings (SSSR count). The molecule has 30 heavy (non-hydrogen) atoms. The molecule has 1 fully saturated rings. The molecule has 1 amide bonds. The predicted molar refractivity (Wildman–Crippen MR) is 111 cm³/mol. The van der Waals surface area contributed by atoms with Gasteiger partial charge in [0.05, 0.1) is 11.8 Å². The second-order valence-corrected chi connectivity index (χ2v) is 9.18. The minimum absolute atomic E-state index is 0.0419.